The van der Waals surface area contributed by atoms with Crippen molar-refractivity contribution in [3.05, 3.63) is 29.8 Å². The Balaban J connectivity index is 1.71. The molecule has 7 heteroatoms. The third-order valence-corrected chi connectivity index (χ3v) is 7.21. The van der Waals surface area contributed by atoms with Gasteiger partial charge in [0.15, 0.2) is 11.9 Å². The molecule has 6 nitrogen and oxygen atoms in total. The second kappa shape index (κ2) is 7.88. The van der Waals surface area contributed by atoms with E-state index in [0.29, 0.717) is 19.4 Å². The smallest absolute Gasteiger partial charge is 0.338 e. The Morgan fingerprint density at radius 2 is 1.77 bits per heavy atom. The highest BCUT2D eigenvalue weighted by Gasteiger charge is 2.31. The largest absolute Gasteiger partial charge is 0.451 e. The van der Waals surface area contributed by atoms with Crippen molar-refractivity contribution in [3.63, 3.8) is 0 Å². The number of piperidine rings is 1. The first-order valence-electron chi connectivity index (χ1n) is 9.25. The van der Waals surface area contributed by atoms with Crippen LogP contribution in [0.15, 0.2) is 29.2 Å². The normalized spacial score (nSPS) is 25.0. The van der Waals surface area contributed by atoms with Crippen molar-refractivity contribution in [2.75, 3.05) is 6.54 Å². The SMILES string of the molecule is C[C@@H]1CCCCN1S(=O)(=O)c1ccc(C(=O)O[C@@H]2CCCCC2=O)cc1. The lowest BCUT2D eigenvalue weighted by Gasteiger charge is -2.32. The Hall–Kier alpha value is -1.73. The monoisotopic (exact) mass is 379 g/mol. The maximum atomic E-state index is 12.8. The van der Waals surface area contributed by atoms with Crippen LogP contribution >= 0.6 is 0 Å². The third-order valence-electron chi connectivity index (χ3n) is 5.19. The highest BCUT2D eigenvalue weighted by molar-refractivity contribution is 7.89. The zero-order valence-electron chi connectivity index (χ0n) is 15.0. The van der Waals surface area contributed by atoms with Gasteiger partial charge >= 0.3 is 5.97 Å². The highest BCUT2D eigenvalue weighted by Crippen LogP contribution is 2.25. The molecule has 0 amide bonds. The molecule has 0 N–H and O–H groups in total. The summed E-state index contributed by atoms with van der Waals surface area (Å²) in [5.74, 6) is -0.622. The lowest BCUT2D eigenvalue weighted by molar-refractivity contribution is -0.129. The number of benzene rings is 1. The predicted molar refractivity (Wildman–Crippen MR) is 96.3 cm³/mol. The summed E-state index contributed by atoms with van der Waals surface area (Å²) in [6, 6.07) is 5.77. The summed E-state index contributed by atoms with van der Waals surface area (Å²) in [6.45, 7) is 2.45. The number of carbonyl (C=O) groups is 2. The van der Waals surface area contributed by atoms with E-state index in [4.69, 9.17) is 4.74 Å². The van der Waals surface area contributed by atoms with Crippen molar-refractivity contribution < 1.29 is 22.7 Å². The van der Waals surface area contributed by atoms with Gasteiger partial charge < -0.3 is 4.74 Å². The van der Waals surface area contributed by atoms with Gasteiger partial charge in [-0.15, -0.1) is 0 Å². The first kappa shape index (κ1) is 19.0. The Labute approximate surface area is 154 Å². The summed E-state index contributed by atoms with van der Waals surface area (Å²) >= 11 is 0. The van der Waals surface area contributed by atoms with E-state index in [1.807, 2.05) is 6.92 Å². The number of rotatable bonds is 4. The van der Waals surface area contributed by atoms with Crippen molar-refractivity contribution in [2.45, 2.75) is 68.9 Å². The number of hydrogen-bond donors (Lipinski definition) is 0. The van der Waals surface area contributed by atoms with Gasteiger partial charge in [-0.2, -0.15) is 4.31 Å². The van der Waals surface area contributed by atoms with E-state index in [1.54, 1.807) is 0 Å². The first-order valence-corrected chi connectivity index (χ1v) is 10.7. The molecule has 1 saturated carbocycles. The maximum Gasteiger partial charge on any atom is 0.338 e. The van der Waals surface area contributed by atoms with E-state index in [0.717, 1.165) is 32.1 Å². The van der Waals surface area contributed by atoms with Gasteiger partial charge in [0.1, 0.15) is 0 Å². The van der Waals surface area contributed by atoms with Crippen LogP contribution in [0.4, 0.5) is 0 Å². The molecule has 2 atom stereocenters. The minimum absolute atomic E-state index is 0.0179. The first-order chi connectivity index (χ1) is 12.4. The second-order valence-electron chi connectivity index (χ2n) is 7.09. The molecule has 26 heavy (non-hydrogen) atoms. The predicted octanol–water partition coefficient (Wildman–Crippen LogP) is 2.92. The molecule has 142 valence electrons. The molecule has 0 unspecified atom stereocenters. The van der Waals surface area contributed by atoms with Crippen LogP contribution < -0.4 is 0 Å². The summed E-state index contributed by atoms with van der Waals surface area (Å²) in [7, 11) is -3.56. The molecule has 1 aromatic rings. The molecule has 0 radical (unpaired) electrons. The third kappa shape index (κ3) is 3.99. The van der Waals surface area contributed by atoms with Crippen molar-refractivity contribution in [1.82, 2.24) is 4.31 Å². The molecule has 1 aromatic carbocycles. The number of nitrogens with zero attached hydrogens (tertiary/aromatic N) is 1. The van der Waals surface area contributed by atoms with E-state index in [2.05, 4.69) is 0 Å². The number of ether oxygens (including phenoxy) is 1. The van der Waals surface area contributed by atoms with Gasteiger partial charge in [0.05, 0.1) is 10.5 Å². The average Bonchev–Trinajstić information content (AvgIpc) is 2.64. The fraction of sp³-hybridized carbons (Fsp3) is 0.579. The zero-order valence-corrected chi connectivity index (χ0v) is 15.8. The van der Waals surface area contributed by atoms with Crippen molar-refractivity contribution in [2.24, 2.45) is 0 Å². The van der Waals surface area contributed by atoms with Crippen molar-refractivity contribution >= 4 is 21.8 Å². The summed E-state index contributed by atoms with van der Waals surface area (Å²) in [4.78, 5) is 24.2. The zero-order chi connectivity index (χ0) is 18.7. The fourth-order valence-electron chi connectivity index (χ4n) is 3.60. The van der Waals surface area contributed by atoms with Gasteiger partial charge in [-0.25, -0.2) is 13.2 Å². The maximum absolute atomic E-state index is 12.8. The van der Waals surface area contributed by atoms with Gasteiger partial charge in [-0.1, -0.05) is 6.42 Å². The van der Waals surface area contributed by atoms with Crippen LogP contribution in [0.5, 0.6) is 0 Å². The number of carbonyl (C=O) groups excluding carboxylic acids is 2. The molecular formula is C19H25NO5S. The Morgan fingerprint density at radius 1 is 1.08 bits per heavy atom. The van der Waals surface area contributed by atoms with Crippen LogP contribution in [0, 0.1) is 0 Å². The van der Waals surface area contributed by atoms with Crippen molar-refractivity contribution in [3.8, 4) is 0 Å². The number of ketones is 1. The van der Waals surface area contributed by atoms with Crippen LogP contribution in [0.25, 0.3) is 0 Å². The molecule has 0 aromatic heterocycles. The van der Waals surface area contributed by atoms with Gasteiger partial charge in [-0.3, -0.25) is 4.79 Å². The summed E-state index contributed by atoms with van der Waals surface area (Å²) < 4.78 is 32.4. The topological polar surface area (TPSA) is 80.8 Å². The standard InChI is InChI=1S/C19H25NO5S/c1-14-6-4-5-13-20(14)26(23,24)16-11-9-15(10-12-16)19(22)25-18-8-3-2-7-17(18)21/h9-12,14,18H,2-8,13H2,1H3/t14-,18-/m1/s1. The number of hydrogen-bond acceptors (Lipinski definition) is 5. The molecule has 3 rings (SSSR count). The Kier molecular flexibility index (Phi) is 5.77. The number of Topliss-reactive ketones (excluding diaryl/α,β-unsaturated/α-hetero) is 1. The van der Waals surface area contributed by atoms with Gasteiger partial charge in [0, 0.05) is 19.0 Å². The second-order valence-corrected chi connectivity index (χ2v) is 8.98. The minimum atomic E-state index is -3.56. The van der Waals surface area contributed by atoms with E-state index < -0.39 is 22.1 Å². The van der Waals surface area contributed by atoms with Crippen LogP contribution in [0.1, 0.15) is 62.2 Å². The summed E-state index contributed by atoms with van der Waals surface area (Å²) in [6.07, 6.45) is 4.81. The van der Waals surface area contributed by atoms with Crippen LogP contribution in [-0.4, -0.2) is 43.2 Å². The Morgan fingerprint density at radius 3 is 2.42 bits per heavy atom. The lowest BCUT2D eigenvalue weighted by atomic mass is 9.96. The molecular weight excluding hydrogens is 354 g/mol. The molecule has 0 spiro atoms. The summed E-state index contributed by atoms with van der Waals surface area (Å²) in [5.41, 5.74) is 0.258. The molecule has 1 heterocycles. The van der Waals surface area contributed by atoms with Gasteiger partial charge in [-0.05, 0) is 63.3 Å². The average molecular weight is 379 g/mol. The summed E-state index contributed by atoms with van der Waals surface area (Å²) in [5, 5.41) is 0. The number of esters is 1. The highest BCUT2D eigenvalue weighted by atomic mass is 32.2. The lowest BCUT2D eigenvalue weighted by Crippen LogP contribution is -2.41. The molecule has 1 aliphatic carbocycles. The van der Waals surface area contributed by atoms with Gasteiger partial charge in [0.2, 0.25) is 10.0 Å². The molecule has 1 aliphatic heterocycles. The minimum Gasteiger partial charge on any atom is -0.451 e. The van der Waals surface area contributed by atoms with Crippen molar-refractivity contribution in [1.29, 1.82) is 0 Å². The van der Waals surface area contributed by atoms with E-state index in [9.17, 15) is 18.0 Å². The Bertz CT molecular complexity index is 772. The van der Waals surface area contributed by atoms with Crippen LogP contribution in [-0.2, 0) is 19.6 Å². The molecule has 2 fully saturated rings. The van der Waals surface area contributed by atoms with Crippen LogP contribution in [0.2, 0.25) is 0 Å². The molecule has 2 aliphatic rings. The molecule has 0 bridgehead atoms. The van der Waals surface area contributed by atoms with Gasteiger partial charge in [0.25, 0.3) is 0 Å². The van der Waals surface area contributed by atoms with E-state index in [1.165, 1.54) is 28.6 Å². The van der Waals surface area contributed by atoms with Crippen LogP contribution in [0.3, 0.4) is 0 Å². The number of sulfonamides is 1. The van der Waals surface area contributed by atoms with E-state index in [-0.39, 0.29) is 22.3 Å². The molecule has 1 saturated heterocycles. The van der Waals surface area contributed by atoms with E-state index >= 15 is 0 Å². The quantitative estimate of drug-likeness (QED) is 0.752. The fourth-order valence-corrected chi connectivity index (χ4v) is 5.30.